The highest BCUT2D eigenvalue weighted by Gasteiger charge is 2.23. The fourth-order valence-corrected chi connectivity index (χ4v) is 1.90. The largest absolute Gasteiger partial charge is 0.378 e. The molecular formula is C15H25N3O. The lowest BCUT2D eigenvalue weighted by atomic mass is 9.94. The van der Waals surface area contributed by atoms with E-state index in [0.717, 1.165) is 18.5 Å². The second kappa shape index (κ2) is 6.57. The Bertz CT molecular complexity index is 414. The summed E-state index contributed by atoms with van der Waals surface area (Å²) in [4.78, 5) is 14.2. The van der Waals surface area contributed by atoms with Crippen molar-refractivity contribution in [1.29, 1.82) is 0 Å². The SMILES string of the molecule is CCC(C)(CCN)NC(=O)c1ccc(N(C)C)cc1. The third-order valence-electron chi connectivity index (χ3n) is 3.54. The highest BCUT2D eigenvalue weighted by atomic mass is 16.1. The van der Waals surface area contributed by atoms with Crippen LogP contribution in [0.25, 0.3) is 0 Å². The van der Waals surface area contributed by atoms with Gasteiger partial charge in [0.05, 0.1) is 0 Å². The first kappa shape index (κ1) is 15.5. The minimum atomic E-state index is -0.230. The lowest BCUT2D eigenvalue weighted by Gasteiger charge is -2.29. The number of benzene rings is 1. The van der Waals surface area contributed by atoms with Gasteiger partial charge in [0.25, 0.3) is 5.91 Å². The number of amides is 1. The van der Waals surface area contributed by atoms with Crippen molar-refractivity contribution in [3.05, 3.63) is 29.8 Å². The van der Waals surface area contributed by atoms with Gasteiger partial charge in [-0.3, -0.25) is 4.79 Å². The van der Waals surface area contributed by atoms with Crippen LogP contribution < -0.4 is 16.0 Å². The molecule has 1 aromatic rings. The maximum Gasteiger partial charge on any atom is 0.251 e. The molecule has 4 heteroatoms. The van der Waals surface area contributed by atoms with Crippen LogP contribution >= 0.6 is 0 Å². The van der Waals surface area contributed by atoms with E-state index in [1.54, 1.807) is 0 Å². The van der Waals surface area contributed by atoms with Gasteiger partial charge in [-0.15, -0.1) is 0 Å². The van der Waals surface area contributed by atoms with Gasteiger partial charge in [-0.2, -0.15) is 0 Å². The number of rotatable bonds is 6. The molecule has 0 saturated heterocycles. The van der Waals surface area contributed by atoms with Gasteiger partial charge < -0.3 is 16.0 Å². The number of hydrogen-bond acceptors (Lipinski definition) is 3. The first-order chi connectivity index (χ1) is 8.91. The Morgan fingerprint density at radius 3 is 2.32 bits per heavy atom. The Hall–Kier alpha value is -1.55. The predicted octanol–water partition coefficient (Wildman–Crippen LogP) is 2.00. The van der Waals surface area contributed by atoms with Crippen LogP contribution in [0.4, 0.5) is 5.69 Å². The molecule has 3 N–H and O–H groups in total. The van der Waals surface area contributed by atoms with E-state index >= 15 is 0 Å². The first-order valence-electron chi connectivity index (χ1n) is 6.72. The number of carbonyl (C=O) groups excluding carboxylic acids is 1. The summed E-state index contributed by atoms with van der Waals surface area (Å²) in [5, 5.41) is 3.08. The molecular weight excluding hydrogens is 238 g/mol. The van der Waals surface area contributed by atoms with E-state index in [-0.39, 0.29) is 11.4 Å². The van der Waals surface area contributed by atoms with Crippen LogP contribution in [0, 0.1) is 0 Å². The van der Waals surface area contributed by atoms with E-state index in [2.05, 4.69) is 12.2 Å². The van der Waals surface area contributed by atoms with E-state index in [9.17, 15) is 4.79 Å². The number of nitrogens with zero attached hydrogens (tertiary/aromatic N) is 1. The Labute approximate surface area is 116 Å². The monoisotopic (exact) mass is 263 g/mol. The molecule has 0 aliphatic heterocycles. The Morgan fingerprint density at radius 2 is 1.89 bits per heavy atom. The third-order valence-corrected chi connectivity index (χ3v) is 3.54. The zero-order valence-corrected chi connectivity index (χ0v) is 12.4. The van der Waals surface area contributed by atoms with E-state index in [1.165, 1.54) is 0 Å². The van der Waals surface area contributed by atoms with Crippen molar-refractivity contribution in [2.24, 2.45) is 5.73 Å². The summed E-state index contributed by atoms with van der Waals surface area (Å²) >= 11 is 0. The average molecular weight is 263 g/mol. The molecule has 1 amide bonds. The molecule has 0 heterocycles. The molecule has 0 aromatic heterocycles. The molecule has 0 spiro atoms. The Kier molecular flexibility index (Phi) is 5.36. The number of nitrogens with two attached hydrogens (primary N) is 1. The summed E-state index contributed by atoms with van der Waals surface area (Å²) in [5.74, 6) is -0.0388. The zero-order valence-electron chi connectivity index (χ0n) is 12.4. The third kappa shape index (κ3) is 4.24. The summed E-state index contributed by atoms with van der Waals surface area (Å²) in [6.45, 7) is 4.67. The van der Waals surface area contributed by atoms with Gasteiger partial charge in [-0.05, 0) is 50.6 Å². The van der Waals surface area contributed by atoms with Crippen molar-refractivity contribution >= 4 is 11.6 Å². The molecule has 4 nitrogen and oxygen atoms in total. The lowest BCUT2D eigenvalue weighted by Crippen LogP contribution is -2.46. The number of nitrogens with one attached hydrogen (secondary N) is 1. The van der Waals surface area contributed by atoms with Crippen LogP contribution in [0.3, 0.4) is 0 Å². The summed E-state index contributed by atoms with van der Waals surface area (Å²) in [5.41, 5.74) is 7.13. The quantitative estimate of drug-likeness (QED) is 0.825. The van der Waals surface area contributed by atoms with E-state index in [4.69, 9.17) is 5.73 Å². The summed E-state index contributed by atoms with van der Waals surface area (Å²) in [6, 6.07) is 7.59. The fraction of sp³-hybridized carbons (Fsp3) is 0.533. The first-order valence-corrected chi connectivity index (χ1v) is 6.72. The molecule has 1 atom stereocenters. The molecule has 0 bridgehead atoms. The summed E-state index contributed by atoms with van der Waals surface area (Å²) in [6.07, 6.45) is 1.65. The van der Waals surface area contributed by atoms with Crippen LogP contribution in [0.15, 0.2) is 24.3 Å². The number of carbonyl (C=O) groups is 1. The molecule has 0 fully saturated rings. The van der Waals surface area contributed by atoms with Crippen molar-refractivity contribution in [3.63, 3.8) is 0 Å². The van der Waals surface area contributed by atoms with Gasteiger partial charge >= 0.3 is 0 Å². The van der Waals surface area contributed by atoms with Crippen LogP contribution in [0.2, 0.25) is 0 Å². The average Bonchev–Trinajstić information content (AvgIpc) is 2.39. The molecule has 1 rings (SSSR count). The fourth-order valence-electron chi connectivity index (χ4n) is 1.90. The highest BCUT2D eigenvalue weighted by molar-refractivity contribution is 5.95. The van der Waals surface area contributed by atoms with E-state index < -0.39 is 0 Å². The lowest BCUT2D eigenvalue weighted by molar-refractivity contribution is 0.0900. The smallest absolute Gasteiger partial charge is 0.251 e. The van der Waals surface area contributed by atoms with Crippen molar-refractivity contribution in [2.45, 2.75) is 32.2 Å². The standard InChI is InChI=1S/C15H25N3O/c1-5-15(2,10-11-16)17-14(19)12-6-8-13(9-7-12)18(3)4/h6-9H,5,10-11,16H2,1-4H3,(H,17,19). The topological polar surface area (TPSA) is 58.4 Å². The van der Waals surface area contributed by atoms with Crippen LogP contribution in [0.5, 0.6) is 0 Å². The molecule has 1 unspecified atom stereocenters. The predicted molar refractivity (Wildman–Crippen MR) is 80.6 cm³/mol. The van der Waals surface area contributed by atoms with Gasteiger partial charge in [-0.1, -0.05) is 6.92 Å². The minimum Gasteiger partial charge on any atom is -0.378 e. The molecule has 1 aromatic carbocycles. The van der Waals surface area contributed by atoms with Crippen molar-refractivity contribution in [1.82, 2.24) is 5.32 Å². The van der Waals surface area contributed by atoms with Gasteiger partial charge in [0.15, 0.2) is 0 Å². The molecule has 0 aliphatic rings. The molecule has 106 valence electrons. The van der Waals surface area contributed by atoms with Gasteiger partial charge in [0.2, 0.25) is 0 Å². The van der Waals surface area contributed by atoms with Crippen LogP contribution in [0.1, 0.15) is 37.0 Å². The van der Waals surface area contributed by atoms with Crippen molar-refractivity contribution < 1.29 is 4.79 Å². The van der Waals surface area contributed by atoms with Crippen molar-refractivity contribution in [3.8, 4) is 0 Å². The van der Waals surface area contributed by atoms with E-state index in [0.29, 0.717) is 12.1 Å². The summed E-state index contributed by atoms with van der Waals surface area (Å²) < 4.78 is 0. The molecule has 0 radical (unpaired) electrons. The van der Waals surface area contributed by atoms with Gasteiger partial charge in [0, 0.05) is 30.9 Å². The van der Waals surface area contributed by atoms with Crippen LogP contribution in [-0.2, 0) is 0 Å². The molecule has 0 saturated carbocycles. The second-order valence-electron chi connectivity index (χ2n) is 5.35. The normalized spacial score (nSPS) is 13.7. The van der Waals surface area contributed by atoms with Crippen molar-refractivity contribution in [2.75, 3.05) is 25.5 Å². The minimum absolute atomic E-state index is 0.0388. The second-order valence-corrected chi connectivity index (χ2v) is 5.35. The number of hydrogen-bond donors (Lipinski definition) is 2. The maximum absolute atomic E-state index is 12.2. The molecule has 0 aliphatic carbocycles. The van der Waals surface area contributed by atoms with E-state index in [1.807, 2.05) is 50.2 Å². The highest BCUT2D eigenvalue weighted by Crippen LogP contribution is 2.16. The number of anilines is 1. The maximum atomic E-state index is 12.2. The van der Waals surface area contributed by atoms with Gasteiger partial charge in [0.1, 0.15) is 0 Å². The Balaban J connectivity index is 2.77. The van der Waals surface area contributed by atoms with Crippen LogP contribution in [-0.4, -0.2) is 32.1 Å². The zero-order chi connectivity index (χ0) is 14.5. The summed E-state index contributed by atoms with van der Waals surface area (Å²) in [7, 11) is 3.95. The van der Waals surface area contributed by atoms with Gasteiger partial charge in [-0.25, -0.2) is 0 Å². The molecule has 19 heavy (non-hydrogen) atoms. The Morgan fingerprint density at radius 1 is 1.32 bits per heavy atom.